The number of thioether (sulfide) groups is 1. The Kier molecular flexibility index (Phi) is 5.43. The van der Waals surface area contributed by atoms with Gasteiger partial charge in [0, 0.05) is 6.42 Å². The lowest BCUT2D eigenvalue weighted by atomic mass is 10.2. The van der Waals surface area contributed by atoms with Gasteiger partial charge < -0.3 is 14.2 Å². The molecular weight excluding hydrogens is 280 g/mol. The van der Waals surface area contributed by atoms with Crippen LogP contribution in [0.2, 0.25) is 0 Å². The van der Waals surface area contributed by atoms with Crippen LogP contribution in [0.5, 0.6) is 0 Å². The Labute approximate surface area is 121 Å². The van der Waals surface area contributed by atoms with Crippen molar-refractivity contribution in [3.05, 3.63) is 35.9 Å². The van der Waals surface area contributed by atoms with Crippen molar-refractivity contribution in [3.63, 3.8) is 0 Å². The molecule has 108 valence electrons. The van der Waals surface area contributed by atoms with E-state index in [9.17, 15) is 9.59 Å². The van der Waals surface area contributed by atoms with Gasteiger partial charge in [-0.1, -0.05) is 25.1 Å². The van der Waals surface area contributed by atoms with E-state index in [4.69, 9.17) is 14.2 Å². The summed E-state index contributed by atoms with van der Waals surface area (Å²) in [5, 5.41) is 0. The van der Waals surface area contributed by atoms with Gasteiger partial charge in [0.25, 0.3) is 0 Å². The first kappa shape index (κ1) is 14.9. The molecule has 0 saturated carbocycles. The molecule has 20 heavy (non-hydrogen) atoms. The van der Waals surface area contributed by atoms with Crippen LogP contribution < -0.4 is 0 Å². The van der Waals surface area contributed by atoms with E-state index in [1.54, 1.807) is 31.2 Å². The second-order valence-corrected chi connectivity index (χ2v) is 5.33. The van der Waals surface area contributed by atoms with E-state index in [1.807, 2.05) is 6.07 Å². The third-order valence-electron chi connectivity index (χ3n) is 2.63. The minimum absolute atomic E-state index is 0.137. The number of esters is 2. The van der Waals surface area contributed by atoms with Gasteiger partial charge in [0.1, 0.15) is 12.0 Å². The van der Waals surface area contributed by atoms with Crippen LogP contribution >= 0.6 is 11.8 Å². The maximum atomic E-state index is 11.7. The van der Waals surface area contributed by atoms with Crippen molar-refractivity contribution in [3.8, 4) is 0 Å². The molecule has 0 unspecified atom stereocenters. The highest BCUT2D eigenvalue weighted by atomic mass is 32.2. The first-order valence-corrected chi connectivity index (χ1v) is 7.42. The van der Waals surface area contributed by atoms with E-state index in [0.29, 0.717) is 17.7 Å². The van der Waals surface area contributed by atoms with Gasteiger partial charge in [-0.05, 0) is 12.1 Å². The lowest BCUT2D eigenvalue weighted by Crippen LogP contribution is -2.22. The Bertz CT molecular complexity index is 462. The number of carbonyl (C=O) groups is 2. The third kappa shape index (κ3) is 4.25. The molecule has 0 bridgehead atoms. The molecule has 0 radical (unpaired) electrons. The van der Waals surface area contributed by atoms with Crippen molar-refractivity contribution in [1.29, 1.82) is 0 Å². The SMILES string of the molecule is CCC(=O)O[C@H]1CS[C@H](COC(=O)c2ccccc2)O1. The summed E-state index contributed by atoms with van der Waals surface area (Å²) < 4.78 is 15.7. The third-order valence-corrected chi connectivity index (χ3v) is 3.72. The van der Waals surface area contributed by atoms with Gasteiger partial charge in [-0.15, -0.1) is 11.8 Å². The molecule has 1 fully saturated rings. The van der Waals surface area contributed by atoms with E-state index in [2.05, 4.69) is 0 Å². The van der Waals surface area contributed by atoms with Crippen LogP contribution in [0.1, 0.15) is 23.7 Å². The second-order valence-electron chi connectivity index (χ2n) is 4.14. The van der Waals surface area contributed by atoms with Crippen LogP contribution in [0.15, 0.2) is 30.3 Å². The molecule has 0 spiro atoms. The molecule has 2 rings (SSSR count). The number of ether oxygens (including phenoxy) is 3. The topological polar surface area (TPSA) is 61.8 Å². The van der Waals surface area contributed by atoms with Gasteiger partial charge in [0.05, 0.1) is 11.3 Å². The van der Waals surface area contributed by atoms with Crippen molar-refractivity contribution in [2.45, 2.75) is 25.1 Å². The molecule has 1 saturated heterocycles. The minimum Gasteiger partial charge on any atom is -0.458 e. The van der Waals surface area contributed by atoms with Crippen LogP contribution in [-0.2, 0) is 19.0 Å². The van der Waals surface area contributed by atoms with Gasteiger partial charge in [0.2, 0.25) is 6.29 Å². The number of carbonyl (C=O) groups excluding carboxylic acids is 2. The van der Waals surface area contributed by atoms with Crippen molar-refractivity contribution in [2.75, 3.05) is 12.4 Å². The van der Waals surface area contributed by atoms with Crippen LogP contribution in [0, 0.1) is 0 Å². The van der Waals surface area contributed by atoms with Crippen molar-refractivity contribution >= 4 is 23.7 Å². The predicted molar refractivity (Wildman–Crippen MR) is 74.2 cm³/mol. The van der Waals surface area contributed by atoms with Gasteiger partial charge in [-0.2, -0.15) is 0 Å². The highest BCUT2D eigenvalue weighted by Gasteiger charge is 2.29. The molecule has 0 amide bonds. The summed E-state index contributed by atoms with van der Waals surface area (Å²) in [5.74, 6) is -0.124. The molecule has 1 heterocycles. The molecular formula is C14H16O5S. The fourth-order valence-corrected chi connectivity index (χ4v) is 2.50. The average Bonchev–Trinajstić information content (AvgIpc) is 2.93. The zero-order valence-corrected chi connectivity index (χ0v) is 11.9. The first-order valence-electron chi connectivity index (χ1n) is 6.37. The van der Waals surface area contributed by atoms with E-state index in [-0.39, 0.29) is 24.0 Å². The molecule has 1 aliphatic heterocycles. The fourth-order valence-electron chi connectivity index (χ4n) is 1.61. The highest BCUT2D eigenvalue weighted by Crippen LogP contribution is 2.26. The van der Waals surface area contributed by atoms with Gasteiger partial charge in [-0.25, -0.2) is 4.79 Å². The van der Waals surface area contributed by atoms with Crippen molar-refractivity contribution < 1.29 is 23.8 Å². The van der Waals surface area contributed by atoms with Crippen LogP contribution in [0.3, 0.4) is 0 Å². The quantitative estimate of drug-likeness (QED) is 0.776. The normalized spacial score (nSPS) is 21.4. The Hall–Kier alpha value is -1.53. The molecule has 0 aromatic heterocycles. The smallest absolute Gasteiger partial charge is 0.338 e. The monoisotopic (exact) mass is 296 g/mol. The van der Waals surface area contributed by atoms with Crippen LogP contribution in [0.25, 0.3) is 0 Å². The van der Waals surface area contributed by atoms with E-state index < -0.39 is 6.29 Å². The summed E-state index contributed by atoms with van der Waals surface area (Å²) in [6.07, 6.45) is -0.231. The van der Waals surface area contributed by atoms with Gasteiger partial charge in [0.15, 0.2) is 0 Å². The maximum Gasteiger partial charge on any atom is 0.338 e. The van der Waals surface area contributed by atoms with Crippen molar-refractivity contribution in [2.24, 2.45) is 0 Å². The summed E-state index contributed by atoms with van der Waals surface area (Å²) in [6.45, 7) is 1.86. The summed E-state index contributed by atoms with van der Waals surface area (Å²) in [7, 11) is 0. The molecule has 6 heteroatoms. The predicted octanol–water partition coefficient (Wildman–Crippen LogP) is 2.21. The lowest BCUT2D eigenvalue weighted by Gasteiger charge is -2.13. The largest absolute Gasteiger partial charge is 0.458 e. The standard InChI is InChI=1S/C14H16O5S/c1-2-11(15)18-12-9-20-13(19-12)8-17-14(16)10-6-4-3-5-7-10/h3-7,12-13H,2,8-9H2,1H3/t12-,13-/m1/s1. The summed E-state index contributed by atoms with van der Waals surface area (Å²) >= 11 is 1.46. The average molecular weight is 296 g/mol. The van der Waals surface area contributed by atoms with Gasteiger partial charge >= 0.3 is 11.9 Å². The molecule has 0 aliphatic carbocycles. The molecule has 1 aromatic rings. The number of hydrogen-bond donors (Lipinski definition) is 0. The number of rotatable bonds is 5. The number of benzene rings is 1. The zero-order chi connectivity index (χ0) is 14.4. The molecule has 1 aliphatic rings. The fraction of sp³-hybridized carbons (Fsp3) is 0.429. The van der Waals surface area contributed by atoms with Crippen LogP contribution in [0.4, 0.5) is 0 Å². The molecule has 5 nitrogen and oxygen atoms in total. The second kappa shape index (κ2) is 7.31. The first-order chi connectivity index (χ1) is 9.69. The summed E-state index contributed by atoms with van der Waals surface area (Å²) in [4.78, 5) is 22.9. The van der Waals surface area contributed by atoms with Crippen LogP contribution in [-0.4, -0.2) is 36.0 Å². The highest BCUT2D eigenvalue weighted by molar-refractivity contribution is 8.00. The van der Waals surface area contributed by atoms with E-state index in [0.717, 1.165) is 0 Å². The van der Waals surface area contributed by atoms with E-state index >= 15 is 0 Å². The van der Waals surface area contributed by atoms with Crippen molar-refractivity contribution in [1.82, 2.24) is 0 Å². The minimum atomic E-state index is -0.548. The Morgan fingerprint density at radius 1 is 1.35 bits per heavy atom. The Morgan fingerprint density at radius 2 is 2.10 bits per heavy atom. The summed E-state index contributed by atoms with van der Waals surface area (Å²) in [5.41, 5.74) is 0.210. The Balaban J connectivity index is 1.73. The number of hydrogen-bond acceptors (Lipinski definition) is 6. The lowest BCUT2D eigenvalue weighted by molar-refractivity contribution is -0.174. The Morgan fingerprint density at radius 3 is 2.80 bits per heavy atom. The molecule has 1 aromatic carbocycles. The van der Waals surface area contributed by atoms with E-state index in [1.165, 1.54) is 11.8 Å². The molecule has 2 atom stereocenters. The van der Waals surface area contributed by atoms with Gasteiger partial charge in [-0.3, -0.25) is 4.79 Å². The zero-order valence-electron chi connectivity index (χ0n) is 11.1. The summed E-state index contributed by atoms with van der Waals surface area (Å²) in [6, 6.07) is 8.77. The maximum absolute atomic E-state index is 11.7. The molecule has 0 N–H and O–H groups in total.